The molecule has 2 aromatic heterocycles. The van der Waals surface area contributed by atoms with E-state index in [1.54, 1.807) is 12.4 Å². The summed E-state index contributed by atoms with van der Waals surface area (Å²) in [6, 6.07) is 14.5. The fraction of sp³-hybridized carbons (Fsp3) is 0.444. The third-order valence-electron chi connectivity index (χ3n) is 8.22. The molecule has 4 rings (SSSR count). The first-order chi connectivity index (χ1) is 22.3. The van der Waals surface area contributed by atoms with Gasteiger partial charge in [-0.25, -0.2) is 18.7 Å². The highest BCUT2D eigenvalue weighted by Crippen LogP contribution is 2.35. The van der Waals surface area contributed by atoms with Crippen LogP contribution in [0.25, 0.3) is 33.6 Å². The van der Waals surface area contributed by atoms with Gasteiger partial charge in [-0.3, -0.25) is 9.59 Å². The molecule has 0 aliphatic heterocycles. The molecule has 0 saturated carbocycles. The predicted octanol–water partition coefficient (Wildman–Crippen LogP) is 5.98. The Kier molecular flexibility index (Phi) is 10.3. The molecule has 10 nitrogen and oxygen atoms in total. The minimum absolute atomic E-state index is 0.479. The molecule has 2 heterocycles. The molecule has 48 heavy (non-hydrogen) atoms. The summed E-state index contributed by atoms with van der Waals surface area (Å²) >= 11 is 0. The van der Waals surface area contributed by atoms with Crippen LogP contribution in [0.5, 0.6) is 0 Å². The van der Waals surface area contributed by atoms with Crippen LogP contribution in [-0.4, -0.2) is 66.5 Å². The van der Waals surface area contributed by atoms with Crippen molar-refractivity contribution in [2.45, 2.75) is 78.7 Å². The first kappa shape index (κ1) is 36.4. The molecule has 0 aliphatic carbocycles. The van der Waals surface area contributed by atoms with Gasteiger partial charge < -0.3 is 30.8 Å². The van der Waals surface area contributed by atoms with Gasteiger partial charge in [0.2, 0.25) is 0 Å². The van der Waals surface area contributed by atoms with E-state index in [2.05, 4.69) is 20.6 Å². The summed E-state index contributed by atoms with van der Waals surface area (Å²) in [7, 11) is 0. The van der Waals surface area contributed by atoms with Crippen molar-refractivity contribution < 1.29 is 28.6 Å². The van der Waals surface area contributed by atoms with Crippen LogP contribution >= 0.6 is 0 Å². The maximum Gasteiger partial charge on any atom is 0.255 e. The van der Waals surface area contributed by atoms with Gasteiger partial charge in [-0.05, 0) is 35.8 Å². The van der Waals surface area contributed by atoms with Gasteiger partial charge in [0.15, 0.2) is 11.2 Å². The molecule has 0 saturated heterocycles. The van der Waals surface area contributed by atoms with Crippen LogP contribution in [0.4, 0.5) is 8.78 Å². The van der Waals surface area contributed by atoms with Crippen molar-refractivity contribution in [2.75, 3.05) is 13.3 Å². The highest BCUT2D eigenvalue weighted by molar-refractivity contribution is 5.85. The van der Waals surface area contributed by atoms with Gasteiger partial charge in [-0.1, -0.05) is 90.1 Å². The lowest BCUT2D eigenvalue weighted by Gasteiger charge is -2.32. The maximum absolute atomic E-state index is 13.2. The maximum atomic E-state index is 13.2. The molecule has 4 aromatic rings. The van der Waals surface area contributed by atoms with Gasteiger partial charge in [0.25, 0.3) is 11.8 Å². The monoisotopic (exact) mass is 664 g/mol. The molecule has 0 radical (unpaired) electrons. The molecule has 258 valence electrons. The Morgan fingerprint density at radius 2 is 0.917 bits per heavy atom. The van der Waals surface area contributed by atoms with Crippen LogP contribution in [0.15, 0.2) is 60.9 Å². The number of carbonyl (C=O) groups excluding carboxylic acids is 2. The summed E-state index contributed by atoms with van der Waals surface area (Å²) < 4.78 is 26.4. The summed E-state index contributed by atoms with van der Waals surface area (Å²) in [6.45, 7) is 11.4. The van der Waals surface area contributed by atoms with E-state index < -0.39 is 59.3 Å². The minimum atomic E-state index is -2.14. The Labute approximate surface area is 279 Å². The lowest BCUT2D eigenvalue weighted by molar-refractivity contribution is -0.141. The number of rotatable bonds is 11. The van der Waals surface area contributed by atoms with E-state index >= 15 is 0 Å². The normalized spacial score (nSPS) is 16.0. The van der Waals surface area contributed by atoms with Crippen LogP contribution in [0, 0.1) is 10.8 Å². The molecule has 4 atom stereocenters. The molecule has 0 aliphatic rings. The average molecular weight is 665 g/mol. The van der Waals surface area contributed by atoms with E-state index in [-0.39, 0.29) is 0 Å². The minimum Gasteiger partial charge on any atom is -0.378 e. The van der Waals surface area contributed by atoms with Crippen LogP contribution in [-0.2, 0) is 9.59 Å². The van der Waals surface area contributed by atoms with Crippen molar-refractivity contribution in [1.29, 1.82) is 0 Å². The lowest BCUT2D eigenvalue weighted by Crippen LogP contribution is -2.49. The Bertz CT molecular complexity index is 1590. The van der Waals surface area contributed by atoms with E-state index in [9.17, 15) is 28.6 Å². The third-order valence-corrected chi connectivity index (χ3v) is 8.22. The van der Waals surface area contributed by atoms with Gasteiger partial charge in [0.1, 0.15) is 25.0 Å². The molecule has 4 unspecified atom stereocenters. The number of benzene rings is 2. The van der Waals surface area contributed by atoms with Gasteiger partial charge in [0.05, 0.1) is 23.5 Å². The molecule has 0 spiro atoms. The number of nitrogens with one attached hydrogen (secondary N) is 4. The van der Waals surface area contributed by atoms with Gasteiger partial charge in [0, 0.05) is 23.5 Å². The highest BCUT2D eigenvalue weighted by Gasteiger charge is 2.38. The van der Waals surface area contributed by atoms with Crippen molar-refractivity contribution in [3.8, 4) is 33.6 Å². The first-order valence-corrected chi connectivity index (χ1v) is 15.8. The summed E-state index contributed by atoms with van der Waals surface area (Å²) in [4.78, 5) is 40.8. The standard InChI is InChI=1S/C36H46F2N6O4/c1-33(2,3)27(43-31(45)35(7,47)19-37)29-39-17-25(41-29)23-13-9-21(10-14-23)22-11-15-24(16-12-22)26-18-40-30(42-26)28(34(4,5)6)44-32(46)36(8,48)20-38/h9-18,27-28,47-48H,19-20H2,1-8H3,(H,39,41)(H,40,42)(H,43,45)(H,44,46). The largest absolute Gasteiger partial charge is 0.378 e. The van der Waals surface area contributed by atoms with Crippen LogP contribution in [0.2, 0.25) is 0 Å². The predicted molar refractivity (Wildman–Crippen MR) is 181 cm³/mol. The summed E-state index contributed by atoms with van der Waals surface area (Å²) in [5, 5.41) is 25.6. The number of halogens is 2. The fourth-order valence-electron chi connectivity index (χ4n) is 5.02. The highest BCUT2D eigenvalue weighted by atomic mass is 19.1. The second kappa shape index (κ2) is 13.6. The molecule has 2 amide bonds. The Hall–Kier alpha value is -4.42. The zero-order chi connectivity index (χ0) is 35.7. The molecule has 6 N–H and O–H groups in total. The number of aliphatic hydroxyl groups is 2. The fourth-order valence-corrected chi connectivity index (χ4v) is 5.02. The first-order valence-electron chi connectivity index (χ1n) is 15.8. The molecule has 0 fully saturated rings. The topological polar surface area (TPSA) is 156 Å². The number of alkyl halides is 2. The molecule has 0 bridgehead atoms. The van der Waals surface area contributed by atoms with Gasteiger partial charge in [-0.15, -0.1) is 0 Å². The SMILES string of the molecule is CC(O)(CF)C(=O)NC(c1nc(-c2ccc(-c3ccc(-c4c[nH]c(C(NC(=O)C(C)(O)CF)C(C)(C)C)n4)cc3)cc2)c[nH]1)C(C)(C)C. The van der Waals surface area contributed by atoms with Crippen LogP contribution < -0.4 is 10.6 Å². The molecular weight excluding hydrogens is 618 g/mol. The number of imidazole rings is 2. The average Bonchev–Trinajstić information content (AvgIpc) is 3.72. The van der Waals surface area contributed by atoms with Crippen LogP contribution in [0.3, 0.4) is 0 Å². The summed E-state index contributed by atoms with van der Waals surface area (Å²) in [6.07, 6.45) is 3.49. The van der Waals surface area contributed by atoms with Gasteiger partial charge >= 0.3 is 0 Å². The second-order valence-corrected chi connectivity index (χ2v) is 14.9. The van der Waals surface area contributed by atoms with E-state index in [0.29, 0.717) is 23.0 Å². The third kappa shape index (κ3) is 8.16. The Balaban J connectivity index is 1.50. The quantitative estimate of drug-likeness (QED) is 0.116. The van der Waals surface area contributed by atoms with Crippen LogP contribution in [0.1, 0.15) is 79.1 Å². The van der Waals surface area contributed by atoms with E-state index in [0.717, 1.165) is 36.1 Å². The number of hydrogen-bond acceptors (Lipinski definition) is 6. The molecule has 12 heteroatoms. The summed E-state index contributed by atoms with van der Waals surface area (Å²) in [5.41, 5.74) is -0.232. The van der Waals surface area contributed by atoms with Crippen molar-refractivity contribution >= 4 is 11.8 Å². The van der Waals surface area contributed by atoms with Crippen molar-refractivity contribution in [2.24, 2.45) is 10.8 Å². The number of aromatic nitrogens is 4. The van der Waals surface area contributed by atoms with E-state index in [4.69, 9.17) is 9.97 Å². The smallest absolute Gasteiger partial charge is 0.255 e. The van der Waals surface area contributed by atoms with E-state index in [1.807, 2.05) is 90.1 Å². The number of amides is 2. The second-order valence-electron chi connectivity index (χ2n) is 14.9. The number of aromatic amines is 2. The Morgan fingerprint density at radius 3 is 1.19 bits per heavy atom. The number of nitrogens with zero attached hydrogens (tertiary/aromatic N) is 2. The van der Waals surface area contributed by atoms with Crippen molar-refractivity contribution in [3.63, 3.8) is 0 Å². The van der Waals surface area contributed by atoms with Crippen molar-refractivity contribution in [1.82, 2.24) is 30.6 Å². The van der Waals surface area contributed by atoms with Crippen molar-refractivity contribution in [3.05, 3.63) is 72.6 Å². The summed E-state index contributed by atoms with van der Waals surface area (Å²) in [5.74, 6) is -0.642. The number of H-pyrrole nitrogens is 2. The van der Waals surface area contributed by atoms with E-state index in [1.165, 1.54) is 0 Å². The van der Waals surface area contributed by atoms with Gasteiger partial charge in [-0.2, -0.15) is 0 Å². The zero-order valence-corrected chi connectivity index (χ0v) is 28.7. The number of hydrogen-bond donors (Lipinski definition) is 6. The molecular formula is C36H46F2N6O4. The zero-order valence-electron chi connectivity index (χ0n) is 28.7. The lowest BCUT2D eigenvalue weighted by atomic mass is 9.85. The molecule has 2 aromatic carbocycles. The number of carbonyl (C=O) groups is 2. The Morgan fingerprint density at radius 1 is 0.625 bits per heavy atom.